The van der Waals surface area contributed by atoms with Gasteiger partial charge in [0.2, 0.25) is 5.91 Å². The average Bonchev–Trinajstić information content (AvgIpc) is 2.74. The molecule has 0 saturated carbocycles. The van der Waals surface area contributed by atoms with Gasteiger partial charge in [-0.1, -0.05) is 43.7 Å². The largest absolute Gasteiger partial charge is 0.484 e. The van der Waals surface area contributed by atoms with Gasteiger partial charge in [0.25, 0.3) is 5.91 Å². The lowest BCUT2D eigenvalue weighted by atomic mass is 10.1. The van der Waals surface area contributed by atoms with Crippen molar-refractivity contribution >= 4 is 11.8 Å². The van der Waals surface area contributed by atoms with Gasteiger partial charge in [0.15, 0.2) is 6.61 Å². The Morgan fingerprint density at radius 2 is 1.67 bits per heavy atom. The molecule has 1 N–H and O–H groups in total. The standard InChI is InChI=1S/C24H31FN2O3/c1-5-18(4)26-24(29)22(6-2)27(15-19-9-7-17(3)8-10-19)23(28)16-30-21-13-11-20(25)12-14-21/h7-14,18,22H,5-6,15-16H2,1-4H3,(H,26,29)/t18-,22-/m0/s1. The highest BCUT2D eigenvalue weighted by Gasteiger charge is 2.29. The summed E-state index contributed by atoms with van der Waals surface area (Å²) in [6, 6.07) is 12.8. The molecule has 2 aromatic carbocycles. The lowest BCUT2D eigenvalue weighted by Crippen LogP contribution is -2.51. The number of nitrogens with one attached hydrogen (secondary N) is 1. The van der Waals surface area contributed by atoms with Gasteiger partial charge in [0, 0.05) is 12.6 Å². The number of carbonyl (C=O) groups excluding carboxylic acids is 2. The average molecular weight is 415 g/mol. The molecule has 6 heteroatoms. The van der Waals surface area contributed by atoms with Crippen molar-refractivity contribution in [3.63, 3.8) is 0 Å². The summed E-state index contributed by atoms with van der Waals surface area (Å²) < 4.78 is 18.6. The lowest BCUT2D eigenvalue weighted by Gasteiger charge is -2.31. The Balaban J connectivity index is 2.19. The molecule has 0 unspecified atom stereocenters. The van der Waals surface area contributed by atoms with Gasteiger partial charge in [-0.2, -0.15) is 0 Å². The van der Waals surface area contributed by atoms with Crippen molar-refractivity contribution in [3.8, 4) is 5.75 Å². The molecule has 0 aliphatic heterocycles. The Kier molecular flexibility index (Phi) is 8.84. The summed E-state index contributed by atoms with van der Waals surface area (Å²) >= 11 is 0. The van der Waals surface area contributed by atoms with Gasteiger partial charge in [-0.15, -0.1) is 0 Å². The number of carbonyl (C=O) groups is 2. The Bertz CT molecular complexity index is 821. The van der Waals surface area contributed by atoms with Crippen LogP contribution in [0.15, 0.2) is 48.5 Å². The van der Waals surface area contributed by atoms with Crippen LogP contribution in [0.5, 0.6) is 5.75 Å². The van der Waals surface area contributed by atoms with Crippen molar-refractivity contribution in [3.05, 3.63) is 65.5 Å². The Morgan fingerprint density at radius 3 is 2.23 bits per heavy atom. The Labute approximate surface area is 178 Å². The van der Waals surface area contributed by atoms with E-state index in [4.69, 9.17) is 4.74 Å². The Hall–Kier alpha value is -2.89. The first-order chi connectivity index (χ1) is 14.3. The number of aryl methyl sites for hydroxylation is 1. The summed E-state index contributed by atoms with van der Waals surface area (Å²) in [4.78, 5) is 27.5. The molecule has 0 saturated heterocycles. The van der Waals surface area contributed by atoms with Crippen LogP contribution in [0.1, 0.15) is 44.7 Å². The van der Waals surface area contributed by atoms with Gasteiger partial charge < -0.3 is 15.0 Å². The molecule has 0 spiro atoms. The monoisotopic (exact) mass is 414 g/mol. The van der Waals surface area contributed by atoms with Crippen molar-refractivity contribution in [1.29, 1.82) is 0 Å². The van der Waals surface area contributed by atoms with Gasteiger partial charge in [0.1, 0.15) is 17.6 Å². The van der Waals surface area contributed by atoms with E-state index in [0.29, 0.717) is 18.7 Å². The van der Waals surface area contributed by atoms with Crippen LogP contribution in [0.2, 0.25) is 0 Å². The summed E-state index contributed by atoms with van der Waals surface area (Å²) in [6.07, 6.45) is 1.29. The third-order valence-electron chi connectivity index (χ3n) is 5.04. The minimum atomic E-state index is -0.607. The normalized spacial score (nSPS) is 12.7. The number of ether oxygens (including phenoxy) is 1. The summed E-state index contributed by atoms with van der Waals surface area (Å²) in [6.45, 7) is 7.89. The summed E-state index contributed by atoms with van der Waals surface area (Å²) in [5.41, 5.74) is 2.06. The maximum absolute atomic E-state index is 13.1. The molecule has 2 atom stereocenters. The second kappa shape index (κ2) is 11.3. The minimum Gasteiger partial charge on any atom is -0.484 e. The van der Waals surface area contributed by atoms with Crippen molar-refractivity contribution in [2.75, 3.05) is 6.61 Å². The quantitative estimate of drug-likeness (QED) is 0.633. The second-order valence-electron chi connectivity index (χ2n) is 7.49. The van der Waals surface area contributed by atoms with Gasteiger partial charge >= 0.3 is 0 Å². The molecule has 0 fully saturated rings. The maximum atomic E-state index is 13.1. The third-order valence-corrected chi connectivity index (χ3v) is 5.04. The van der Waals surface area contributed by atoms with Gasteiger partial charge in [-0.3, -0.25) is 9.59 Å². The van der Waals surface area contributed by atoms with E-state index < -0.39 is 6.04 Å². The summed E-state index contributed by atoms with van der Waals surface area (Å²) in [5.74, 6) is -0.445. The molecule has 2 aromatic rings. The van der Waals surface area contributed by atoms with E-state index in [0.717, 1.165) is 17.5 Å². The molecule has 162 valence electrons. The van der Waals surface area contributed by atoms with E-state index in [9.17, 15) is 14.0 Å². The number of halogens is 1. The topological polar surface area (TPSA) is 58.6 Å². The predicted octanol–water partition coefficient (Wildman–Crippen LogP) is 4.24. The number of hydrogen-bond donors (Lipinski definition) is 1. The molecule has 0 heterocycles. The number of rotatable bonds is 10. The highest BCUT2D eigenvalue weighted by atomic mass is 19.1. The summed E-state index contributed by atoms with van der Waals surface area (Å²) in [5, 5.41) is 2.98. The van der Waals surface area contributed by atoms with E-state index in [1.807, 2.05) is 52.0 Å². The predicted molar refractivity (Wildman–Crippen MR) is 116 cm³/mol. The lowest BCUT2D eigenvalue weighted by molar-refractivity contribution is -0.143. The van der Waals surface area contributed by atoms with E-state index in [1.165, 1.54) is 24.3 Å². The van der Waals surface area contributed by atoms with Crippen LogP contribution in [0, 0.1) is 12.7 Å². The van der Waals surface area contributed by atoms with Gasteiger partial charge in [-0.05, 0) is 56.5 Å². The molecule has 2 amide bonds. The van der Waals surface area contributed by atoms with E-state index >= 15 is 0 Å². The van der Waals surface area contributed by atoms with E-state index in [1.54, 1.807) is 4.90 Å². The van der Waals surface area contributed by atoms with Gasteiger partial charge in [0.05, 0.1) is 0 Å². The molecule has 0 radical (unpaired) electrons. The number of benzene rings is 2. The fourth-order valence-electron chi connectivity index (χ4n) is 3.01. The minimum absolute atomic E-state index is 0.0262. The molecule has 0 aliphatic rings. The molecule has 0 aliphatic carbocycles. The van der Waals surface area contributed by atoms with Crippen molar-refractivity contribution in [1.82, 2.24) is 10.2 Å². The van der Waals surface area contributed by atoms with Crippen molar-refractivity contribution < 1.29 is 18.7 Å². The highest BCUT2D eigenvalue weighted by Crippen LogP contribution is 2.16. The molecule has 2 rings (SSSR count). The highest BCUT2D eigenvalue weighted by molar-refractivity contribution is 5.88. The van der Waals surface area contributed by atoms with Crippen LogP contribution in [0.3, 0.4) is 0 Å². The van der Waals surface area contributed by atoms with Crippen LogP contribution in [0.25, 0.3) is 0 Å². The maximum Gasteiger partial charge on any atom is 0.261 e. The zero-order valence-electron chi connectivity index (χ0n) is 18.2. The first-order valence-corrected chi connectivity index (χ1v) is 10.4. The van der Waals surface area contributed by atoms with Gasteiger partial charge in [-0.25, -0.2) is 4.39 Å². The smallest absolute Gasteiger partial charge is 0.261 e. The van der Waals surface area contributed by atoms with Crippen LogP contribution in [0.4, 0.5) is 4.39 Å². The van der Waals surface area contributed by atoms with Crippen LogP contribution >= 0.6 is 0 Å². The second-order valence-corrected chi connectivity index (χ2v) is 7.49. The molecular formula is C24H31FN2O3. The first-order valence-electron chi connectivity index (χ1n) is 10.4. The molecule has 0 bridgehead atoms. The third kappa shape index (κ3) is 6.87. The number of amides is 2. The number of nitrogens with zero attached hydrogens (tertiary/aromatic N) is 1. The van der Waals surface area contributed by atoms with Crippen molar-refractivity contribution in [2.45, 2.75) is 59.2 Å². The van der Waals surface area contributed by atoms with Crippen LogP contribution in [-0.4, -0.2) is 35.4 Å². The number of hydrogen-bond acceptors (Lipinski definition) is 3. The van der Waals surface area contributed by atoms with Crippen LogP contribution < -0.4 is 10.1 Å². The SMILES string of the molecule is CC[C@H](C)NC(=O)[C@H](CC)N(Cc1ccc(C)cc1)C(=O)COc1ccc(F)cc1. The summed E-state index contributed by atoms with van der Waals surface area (Å²) in [7, 11) is 0. The van der Waals surface area contributed by atoms with E-state index in [2.05, 4.69) is 5.32 Å². The zero-order valence-corrected chi connectivity index (χ0v) is 18.2. The fraction of sp³-hybridized carbons (Fsp3) is 0.417. The first kappa shape index (κ1) is 23.4. The molecule has 5 nitrogen and oxygen atoms in total. The van der Waals surface area contributed by atoms with Crippen LogP contribution in [-0.2, 0) is 16.1 Å². The molecular weight excluding hydrogens is 383 g/mol. The zero-order chi connectivity index (χ0) is 22.1. The molecule has 30 heavy (non-hydrogen) atoms. The molecule has 0 aromatic heterocycles. The van der Waals surface area contributed by atoms with Crippen molar-refractivity contribution in [2.24, 2.45) is 0 Å². The fourth-order valence-corrected chi connectivity index (χ4v) is 3.01. The Morgan fingerprint density at radius 1 is 1.03 bits per heavy atom. The van der Waals surface area contributed by atoms with E-state index in [-0.39, 0.29) is 30.3 Å².